The van der Waals surface area contributed by atoms with Gasteiger partial charge in [-0.05, 0) is 54.6 Å². The molecule has 27 heavy (non-hydrogen) atoms. The highest BCUT2D eigenvalue weighted by Gasteiger charge is 2.16. The van der Waals surface area contributed by atoms with Crippen LogP contribution in [0.4, 0.5) is 5.69 Å². The fourth-order valence-electron chi connectivity index (χ4n) is 2.87. The van der Waals surface area contributed by atoms with Crippen LogP contribution in [-0.2, 0) is 22.6 Å². The summed E-state index contributed by atoms with van der Waals surface area (Å²) in [6.45, 7) is 1.95. The molecule has 0 aliphatic carbocycles. The minimum absolute atomic E-state index is 0.0168. The van der Waals surface area contributed by atoms with E-state index in [0.717, 1.165) is 21.8 Å². The zero-order valence-electron chi connectivity index (χ0n) is 14.7. The van der Waals surface area contributed by atoms with E-state index in [1.54, 1.807) is 29.5 Å². The zero-order chi connectivity index (χ0) is 19.4. The fourth-order valence-corrected chi connectivity index (χ4v) is 3.80. The van der Waals surface area contributed by atoms with Crippen LogP contribution >= 0.6 is 22.9 Å². The van der Waals surface area contributed by atoms with Gasteiger partial charge in [0.25, 0.3) is 0 Å². The van der Waals surface area contributed by atoms with Crippen molar-refractivity contribution in [3.05, 3.63) is 64.1 Å². The average Bonchev–Trinajstić information content (AvgIpc) is 3.27. The van der Waals surface area contributed by atoms with Crippen LogP contribution in [0.2, 0.25) is 5.02 Å². The summed E-state index contributed by atoms with van der Waals surface area (Å²) in [6, 6.07) is 13.1. The first kappa shape index (κ1) is 19.2. The third kappa shape index (κ3) is 4.59. The maximum absolute atomic E-state index is 12.7. The zero-order valence-corrected chi connectivity index (χ0v) is 16.3. The number of carboxylic acids is 1. The number of benzene rings is 1. The largest absolute Gasteiger partial charge is 0.481 e. The maximum Gasteiger partial charge on any atom is 0.303 e. The number of aliphatic carboxylic acids is 1. The number of aryl methyl sites for hydroxylation is 1. The van der Waals surface area contributed by atoms with Gasteiger partial charge in [-0.2, -0.15) is 0 Å². The normalized spacial score (nSPS) is 10.7. The van der Waals surface area contributed by atoms with Gasteiger partial charge in [-0.3, -0.25) is 9.59 Å². The van der Waals surface area contributed by atoms with Crippen molar-refractivity contribution in [3.8, 4) is 10.6 Å². The summed E-state index contributed by atoms with van der Waals surface area (Å²) in [5.41, 5.74) is 3.20. The lowest BCUT2D eigenvalue weighted by atomic mass is 10.2. The molecule has 0 spiro atoms. The van der Waals surface area contributed by atoms with Crippen LogP contribution in [-0.4, -0.2) is 21.6 Å². The summed E-state index contributed by atoms with van der Waals surface area (Å²) in [6.07, 6.45) is 0.382. The van der Waals surface area contributed by atoms with Crippen LogP contribution in [0.5, 0.6) is 0 Å². The van der Waals surface area contributed by atoms with Crippen molar-refractivity contribution in [1.82, 2.24) is 4.57 Å². The van der Waals surface area contributed by atoms with Gasteiger partial charge in [0, 0.05) is 16.4 Å². The summed E-state index contributed by atoms with van der Waals surface area (Å²) >= 11 is 7.70. The molecule has 3 aromatic rings. The summed E-state index contributed by atoms with van der Waals surface area (Å²) in [5.74, 6) is -1.05. The smallest absolute Gasteiger partial charge is 0.303 e. The van der Waals surface area contributed by atoms with E-state index in [2.05, 4.69) is 5.32 Å². The van der Waals surface area contributed by atoms with Crippen molar-refractivity contribution in [1.29, 1.82) is 0 Å². The summed E-state index contributed by atoms with van der Waals surface area (Å²) in [7, 11) is 0. The van der Waals surface area contributed by atoms with E-state index in [1.165, 1.54) is 0 Å². The molecule has 140 valence electrons. The lowest BCUT2D eigenvalue weighted by Gasteiger charge is -2.14. The highest BCUT2D eigenvalue weighted by molar-refractivity contribution is 7.13. The Morgan fingerprint density at radius 3 is 2.70 bits per heavy atom. The van der Waals surface area contributed by atoms with E-state index in [0.29, 0.717) is 17.1 Å². The number of rotatable bonds is 7. The molecule has 5 nitrogen and oxygen atoms in total. The number of hydrogen-bond acceptors (Lipinski definition) is 3. The molecule has 0 fully saturated rings. The first-order valence-corrected chi connectivity index (χ1v) is 9.70. The van der Waals surface area contributed by atoms with Crippen molar-refractivity contribution in [3.63, 3.8) is 0 Å². The van der Waals surface area contributed by atoms with Crippen LogP contribution in [0.25, 0.3) is 10.6 Å². The van der Waals surface area contributed by atoms with Gasteiger partial charge in [0.15, 0.2) is 0 Å². The van der Waals surface area contributed by atoms with Crippen molar-refractivity contribution >= 4 is 40.5 Å². The number of amides is 1. The number of carbonyl (C=O) groups is 2. The van der Waals surface area contributed by atoms with E-state index < -0.39 is 5.97 Å². The minimum atomic E-state index is -0.862. The van der Waals surface area contributed by atoms with E-state index in [1.807, 2.05) is 41.1 Å². The number of aromatic nitrogens is 1. The van der Waals surface area contributed by atoms with Gasteiger partial charge in [0.2, 0.25) is 5.91 Å². The monoisotopic (exact) mass is 402 g/mol. The molecule has 1 aromatic carbocycles. The summed E-state index contributed by atoms with van der Waals surface area (Å²) < 4.78 is 1.88. The molecule has 2 N–H and O–H groups in total. The number of anilines is 1. The molecule has 0 radical (unpaired) electrons. The quantitative estimate of drug-likeness (QED) is 0.594. The molecule has 0 saturated carbocycles. The molecule has 0 unspecified atom stereocenters. The lowest BCUT2D eigenvalue weighted by Crippen LogP contribution is -2.21. The molecule has 0 aliphatic rings. The Morgan fingerprint density at radius 2 is 2.00 bits per heavy atom. The van der Waals surface area contributed by atoms with Crippen LogP contribution in [0.3, 0.4) is 0 Å². The Kier molecular flexibility index (Phi) is 5.98. The second kappa shape index (κ2) is 8.41. The summed E-state index contributed by atoms with van der Waals surface area (Å²) in [5, 5.41) is 14.5. The average molecular weight is 403 g/mol. The molecule has 0 bridgehead atoms. The topological polar surface area (TPSA) is 71.3 Å². The first-order chi connectivity index (χ1) is 13.0. The third-order valence-electron chi connectivity index (χ3n) is 4.28. The number of nitrogens with one attached hydrogen (secondary N) is 1. The maximum atomic E-state index is 12.7. The number of thiophene rings is 1. The molecular formula is C20H19ClN2O3S. The van der Waals surface area contributed by atoms with E-state index in [-0.39, 0.29) is 18.9 Å². The SMILES string of the molecule is Cc1c(Cl)cccc1NC(=O)Cn1c(CCC(=O)O)ccc1-c1cccs1. The molecule has 0 atom stereocenters. The third-order valence-corrected chi connectivity index (χ3v) is 5.59. The van der Waals surface area contributed by atoms with Gasteiger partial charge in [0.1, 0.15) is 6.54 Å². The molecule has 3 rings (SSSR count). The van der Waals surface area contributed by atoms with Gasteiger partial charge in [-0.25, -0.2) is 0 Å². The second-order valence-corrected chi connectivity index (χ2v) is 7.48. The molecular weight excluding hydrogens is 384 g/mol. The van der Waals surface area contributed by atoms with E-state index in [4.69, 9.17) is 16.7 Å². The molecule has 2 heterocycles. The minimum Gasteiger partial charge on any atom is -0.481 e. The first-order valence-electron chi connectivity index (χ1n) is 8.44. The Labute approximate surface area is 166 Å². The Morgan fingerprint density at radius 1 is 1.19 bits per heavy atom. The van der Waals surface area contributed by atoms with Crippen LogP contribution in [0.1, 0.15) is 17.7 Å². The van der Waals surface area contributed by atoms with Gasteiger partial charge < -0.3 is 15.0 Å². The fraction of sp³-hybridized carbons (Fsp3) is 0.200. The van der Waals surface area contributed by atoms with Gasteiger partial charge in [-0.15, -0.1) is 11.3 Å². The Bertz CT molecular complexity index is 964. The van der Waals surface area contributed by atoms with Gasteiger partial charge >= 0.3 is 5.97 Å². The predicted molar refractivity (Wildman–Crippen MR) is 109 cm³/mol. The van der Waals surface area contributed by atoms with Gasteiger partial charge in [0.05, 0.1) is 17.0 Å². The Hall–Kier alpha value is -2.57. The van der Waals surface area contributed by atoms with E-state index >= 15 is 0 Å². The molecule has 1 amide bonds. The Balaban J connectivity index is 1.85. The van der Waals surface area contributed by atoms with Crippen molar-refractivity contribution in [2.75, 3.05) is 5.32 Å². The second-order valence-electron chi connectivity index (χ2n) is 6.13. The number of halogens is 1. The highest BCUT2D eigenvalue weighted by Crippen LogP contribution is 2.28. The van der Waals surface area contributed by atoms with Gasteiger partial charge in [-0.1, -0.05) is 23.7 Å². The standard InChI is InChI=1S/C20H19ClN2O3S/c1-13-15(21)4-2-5-16(13)22-19(24)12-23-14(8-10-20(25)26)7-9-17(23)18-6-3-11-27-18/h2-7,9,11H,8,10,12H2,1H3,(H,22,24)(H,25,26). The van der Waals surface area contributed by atoms with Crippen molar-refractivity contribution in [2.45, 2.75) is 26.3 Å². The molecule has 0 saturated heterocycles. The van der Waals surface area contributed by atoms with Crippen LogP contribution in [0, 0.1) is 6.92 Å². The molecule has 7 heteroatoms. The lowest BCUT2D eigenvalue weighted by molar-refractivity contribution is -0.137. The molecule has 0 aliphatic heterocycles. The molecule has 2 aromatic heterocycles. The van der Waals surface area contributed by atoms with Crippen LogP contribution in [0.15, 0.2) is 47.8 Å². The van der Waals surface area contributed by atoms with Crippen molar-refractivity contribution < 1.29 is 14.7 Å². The summed E-state index contributed by atoms with van der Waals surface area (Å²) in [4.78, 5) is 24.7. The van der Waals surface area contributed by atoms with Crippen LogP contribution < -0.4 is 5.32 Å². The number of carboxylic acid groups (broad SMARTS) is 1. The van der Waals surface area contributed by atoms with Crippen molar-refractivity contribution in [2.24, 2.45) is 0 Å². The number of hydrogen-bond donors (Lipinski definition) is 2. The number of carbonyl (C=O) groups excluding carboxylic acids is 1. The highest BCUT2D eigenvalue weighted by atomic mass is 35.5. The predicted octanol–water partition coefficient (Wildman–Crippen LogP) is 4.83. The number of nitrogens with zero attached hydrogens (tertiary/aromatic N) is 1. The van der Waals surface area contributed by atoms with E-state index in [9.17, 15) is 9.59 Å².